The molecule has 2 aromatic rings. The van der Waals surface area contributed by atoms with Gasteiger partial charge in [-0.3, -0.25) is 0 Å². The quantitative estimate of drug-likeness (QED) is 0.853. The lowest BCUT2D eigenvalue weighted by molar-refractivity contribution is 0.504. The molecular weight excluding hydrogens is 332 g/mol. The van der Waals surface area contributed by atoms with Gasteiger partial charge in [0.25, 0.3) is 0 Å². The van der Waals surface area contributed by atoms with E-state index < -0.39 is 11.6 Å². The summed E-state index contributed by atoms with van der Waals surface area (Å²) in [6.07, 6.45) is 0.623. The van der Waals surface area contributed by atoms with Crippen molar-refractivity contribution in [3.63, 3.8) is 0 Å². The van der Waals surface area contributed by atoms with Crippen LogP contribution in [0.15, 0.2) is 28.1 Å². The molecule has 1 atom stereocenters. The van der Waals surface area contributed by atoms with E-state index >= 15 is 0 Å². The van der Waals surface area contributed by atoms with Crippen molar-refractivity contribution in [2.45, 2.75) is 19.4 Å². The van der Waals surface area contributed by atoms with Crippen LogP contribution >= 0.6 is 27.3 Å². The molecule has 0 saturated heterocycles. The number of rotatable bonds is 4. The number of aryl methyl sites for hydroxylation is 1. The molecule has 1 aromatic heterocycles. The average molecular weight is 346 g/mol. The van der Waals surface area contributed by atoms with Crippen LogP contribution in [0.5, 0.6) is 0 Å². The van der Waals surface area contributed by atoms with Crippen LogP contribution in [0.2, 0.25) is 0 Å². The highest BCUT2D eigenvalue weighted by molar-refractivity contribution is 9.11. The van der Waals surface area contributed by atoms with Crippen molar-refractivity contribution >= 4 is 27.3 Å². The molecule has 0 radical (unpaired) electrons. The number of benzene rings is 1. The van der Waals surface area contributed by atoms with Crippen LogP contribution in [0, 0.1) is 18.6 Å². The fraction of sp³-hybridized carbons (Fsp3) is 0.286. The van der Waals surface area contributed by atoms with E-state index in [1.54, 1.807) is 17.4 Å². The minimum atomic E-state index is -0.806. The lowest BCUT2D eigenvalue weighted by Crippen LogP contribution is -2.19. The fourth-order valence-electron chi connectivity index (χ4n) is 2.07. The number of hydrogen-bond donors (Lipinski definition) is 1. The Kier molecular flexibility index (Phi) is 4.71. The lowest BCUT2D eigenvalue weighted by atomic mass is 9.99. The fourth-order valence-corrected chi connectivity index (χ4v) is 3.85. The van der Waals surface area contributed by atoms with Crippen LogP contribution in [0.1, 0.15) is 22.0 Å². The van der Waals surface area contributed by atoms with Crippen molar-refractivity contribution in [2.24, 2.45) is 0 Å². The zero-order valence-corrected chi connectivity index (χ0v) is 13.0. The van der Waals surface area contributed by atoms with Gasteiger partial charge in [0.1, 0.15) is 0 Å². The third kappa shape index (κ3) is 3.41. The highest BCUT2D eigenvalue weighted by atomic mass is 79.9. The smallest absolute Gasteiger partial charge is 0.159 e. The Morgan fingerprint density at radius 3 is 2.53 bits per heavy atom. The maximum absolute atomic E-state index is 13.2. The Labute approximate surface area is 123 Å². The van der Waals surface area contributed by atoms with Crippen LogP contribution in [-0.2, 0) is 6.42 Å². The molecule has 1 unspecified atom stereocenters. The van der Waals surface area contributed by atoms with Gasteiger partial charge in [0.15, 0.2) is 11.6 Å². The molecule has 0 saturated carbocycles. The summed E-state index contributed by atoms with van der Waals surface area (Å²) in [5.74, 6) is -1.60. The van der Waals surface area contributed by atoms with Crippen molar-refractivity contribution in [1.82, 2.24) is 5.32 Å². The minimum absolute atomic E-state index is 0.0902. The van der Waals surface area contributed by atoms with Gasteiger partial charge in [0.05, 0.1) is 3.79 Å². The molecule has 0 fully saturated rings. The number of thiophene rings is 1. The highest BCUT2D eigenvalue weighted by Crippen LogP contribution is 2.32. The van der Waals surface area contributed by atoms with Crippen molar-refractivity contribution in [3.05, 3.63) is 55.7 Å². The SMILES string of the molecule is CNC(Cc1ccc(F)c(F)c1)c1cc(Br)sc1C. The van der Waals surface area contributed by atoms with Gasteiger partial charge in [-0.1, -0.05) is 6.07 Å². The summed E-state index contributed by atoms with van der Waals surface area (Å²) in [5, 5.41) is 3.22. The number of likely N-dealkylation sites (N-methyl/N-ethyl adjacent to an activating group) is 1. The summed E-state index contributed by atoms with van der Waals surface area (Å²) in [6, 6.07) is 6.22. The van der Waals surface area contributed by atoms with Gasteiger partial charge in [-0.2, -0.15) is 0 Å². The molecule has 1 nitrogen and oxygen atoms in total. The number of halogens is 3. The molecule has 0 aliphatic heterocycles. The second-order valence-electron chi connectivity index (χ2n) is 4.36. The second kappa shape index (κ2) is 6.11. The molecule has 0 amide bonds. The summed E-state index contributed by atoms with van der Waals surface area (Å²) in [6.45, 7) is 2.06. The molecule has 0 aliphatic carbocycles. The molecule has 1 aromatic carbocycles. The van der Waals surface area contributed by atoms with Crippen LogP contribution in [0.3, 0.4) is 0 Å². The van der Waals surface area contributed by atoms with E-state index in [2.05, 4.69) is 34.2 Å². The molecule has 102 valence electrons. The summed E-state index contributed by atoms with van der Waals surface area (Å²) in [7, 11) is 1.87. The molecule has 0 spiro atoms. The molecule has 2 rings (SSSR count). The summed E-state index contributed by atoms with van der Waals surface area (Å²) in [4.78, 5) is 1.22. The number of nitrogens with one attached hydrogen (secondary N) is 1. The van der Waals surface area contributed by atoms with Gasteiger partial charge in [-0.05, 0) is 65.6 Å². The zero-order chi connectivity index (χ0) is 14.0. The van der Waals surface area contributed by atoms with Crippen LogP contribution < -0.4 is 5.32 Å². The maximum Gasteiger partial charge on any atom is 0.159 e. The first-order chi connectivity index (χ1) is 9.01. The largest absolute Gasteiger partial charge is 0.313 e. The minimum Gasteiger partial charge on any atom is -0.313 e. The van der Waals surface area contributed by atoms with E-state index in [1.165, 1.54) is 22.6 Å². The molecule has 19 heavy (non-hydrogen) atoms. The molecule has 0 aliphatic rings. The first-order valence-corrected chi connectivity index (χ1v) is 7.49. The van der Waals surface area contributed by atoms with Gasteiger partial charge in [-0.25, -0.2) is 8.78 Å². The van der Waals surface area contributed by atoms with Gasteiger partial charge in [0, 0.05) is 10.9 Å². The van der Waals surface area contributed by atoms with E-state index in [1.807, 2.05) is 7.05 Å². The standard InChI is InChI=1S/C14H14BrF2NS/c1-8-10(7-14(15)19-8)13(18-2)6-9-3-4-11(16)12(17)5-9/h3-5,7,13,18H,6H2,1-2H3. The van der Waals surface area contributed by atoms with E-state index in [-0.39, 0.29) is 6.04 Å². The van der Waals surface area contributed by atoms with Gasteiger partial charge < -0.3 is 5.32 Å². The highest BCUT2D eigenvalue weighted by Gasteiger charge is 2.16. The van der Waals surface area contributed by atoms with E-state index in [0.717, 1.165) is 9.35 Å². The Bertz CT molecular complexity index is 583. The topological polar surface area (TPSA) is 12.0 Å². The van der Waals surface area contributed by atoms with Crippen LogP contribution in [-0.4, -0.2) is 7.05 Å². The van der Waals surface area contributed by atoms with Gasteiger partial charge in [0.2, 0.25) is 0 Å². The lowest BCUT2D eigenvalue weighted by Gasteiger charge is -2.16. The van der Waals surface area contributed by atoms with Crippen molar-refractivity contribution in [1.29, 1.82) is 0 Å². The van der Waals surface area contributed by atoms with Crippen LogP contribution in [0.25, 0.3) is 0 Å². The molecular formula is C14H14BrF2NS. The first kappa shape index (κ1) is 14.6. The molecule has 0 bridgehead atoms. The maximum atomic E-state index is 13.2. The van der Waals surface area contributed by atoms with Crippen molar-refractivity contribution in [2.75, 3.05) is 7.05 Å². The zero-order valence-electron chi connectivity index (χ0n) is 10.6. The van der Waals surface area contributed by atoms with Gasteiger partial charge >= 0.3 is 0 Å². The first-order valence-electron chi connectivity index (χ1n) is 5.88. The normalized spacial score (nSPS) is 12.7. The average Bonchev–Trinajstić information content (AvgIpc) is 2.70. The number of hydrogen-bond acceptors (Lipinski definition) is 2. The Morgan fingerprint density at radius 1 is 1.26 bits per heavy atom. The van der Waals surface area contributed by atoms with E-state index in [4.69, 9.17) is 0 Å². The van der Waals surface area contributed by atoms with Crippen molar-refractivity contribution < 1.29 is 8.78 Å². The summed E-state index contributed by atoms with van der Waals surface area (Å²) in [5.41, 5.74) is 1.96. The van der Waals surface area contributed by atoms with Gasteiger partial charge in [-0.15, -0.1) is 11.3 Å². The predicted octanol–water partition coefficient (Wildman–Crippen LogP) is 4.60. The molecule has 1 N–H and O–H groups in total. The summed E-state index contributed by atoms with van der Waals surface area (Å²) >= 11 is 5.14. The molecule has 1 heterocycles. The van der Waals surface area contributed by atoms with Crippen LogP contribution in [0.4, 0.5) is 8.78 Å². The predicted molar refractivity (Wildman–Crippen MR) is 78.6 cm³/mol. The third-order valence-corrected chi connectivity index (χ3v) is 4.64. The van der Waals surface area contributed by atoms with E-state index in [9.17, 15) is 8.78 Å². The monoisotopic (exact) mass is 345 g/mol. The Balaban J connectivity index is 2.23. The van der Waals surface area contributed by atoms with E-state index in [0.29, 0.717) is 6.42 Å². The molecule has 5 heteroatoms. The third-order valence-electron chi connectivity index (χ3n) is 3.07. The van der Waals surface area contributed by atoms with Crippen molar-refractivity contribution in [3.8, 4) is 0 Å². The second-order valence-corrected chi connectivity index (χ2v) is 6.99. The Morgan fingerprint density at radius 2 is 2.00 bits per heavy atom. The summed E-state index contributed by atoms with van der Waals surface area (Å²) < 4.78 is 27.2. The Hall–Kier alpha value is -0.780.